The number of carboxylic acid groups (broad SMARTS) is 1. The summed E-state index contributed by atoms with van der Waals surface area (Å²) in [4.78, 5) is 45.4. The summed E-state index contributed by atoms with van der Waals surface area (Å²) in [5, 5.41) is 15.9. The number of carbonyl (C=O) groups is 2. The van der Waals surface area contributed by atoms with Crippen LogP contribution < -0.4 is 10.9 Å². The summed E-state index contributed by atoms with van der Waals surface area (Å²) in [6.45, 7) is 8.43. The Hall–Kier alpha value is -4.47. The highest BCUT2D eigenvalue weighted by Gasteiger charge is 2.31. The molecular weight excluding hydrogens is 510 g/mol. The van der Waals surface area contributed by atoms with Crippen molar-refractivity contribution in [3.05, 3.63) is 93.2 Å². The lowest BCUT2D eigenvalue weighted by molar-refractivity contribution is 0.0654. The Kier molecular flexibility index (Phi) is 8.98. The Balaban J connectivity index is 1.85. The van der Waals surface area contributed by atoms with Gasteiger partial charge in [-0.3, -0.25) is 14.2 Å². The van der Waals surface area contributed by atoms with E-state index in [0.29, 0.717) is 35.3 Å². The molecule has 0 saturated heterocycles. The summed E-state index contributed by atoms with van der Waals surface area (Å²) in [6, 6.07) is 16.3. The van der Waals surface area contributed by atoms with Crippen molar-refractivity contribution in [3.63, 3.8) is 0 Å². The van der Waals surface area contributed by atoms with Crippen molar-refractivity contribution in [2.45, 2.75) is 59.0 Å². The number of hydrogen-bond donors (Lipinski definition) is 2. The van der Waals surface area contributed by atoms with Crippen LogP contribution in [0.2, 0.25) is 0 Å². The molecule has 1 unspecified atom stereocenters. The lowest BCUT2D eigenvalue weighted by Gasteiger charge is -2.32. The number of aromatic nitrogens is 3. The summed E-state index contributed by atoms with van der Waals surface area (Å²) in [5.74, 6) is 0.111. The number of rotatable bonds is 11. The molecule has 40 heavy (non-hydrogen) atoms. The molecule has 0 aliphatic heterocycles. The van der Waals surface area contributed by atoms with E-state index in [0.717, 1.165) is 11.1 Å². The van der Waals surface area contributed by atoms with Crippen LogP contribution >= 0.6 is 0 Å². The molecule has 1 atom stereocenters. The van der Waals surface area contributed by atoms with Crippen molar-refractivity contribution >= 4 is 23.1 Å². The van der Waals surface area contributed by atoms with Crippen LogP contribution in [-0.4, -0.2) is 49.8 Å². The molecule has 0 fully saturated rings. The zero-order valence-corrected chi connectivity index (χ0v) is 23.3. The van der Waals surface area contributed by atoms with Crippen LogP contribution in [0.15, 0.2) is 63.9 Å². The molecule has 210 valence electrons. The average Bonchev–Trinajstić information content (AvgIpc) is 3.37. The van der Waals surface area contributed by atoms with Gasteiger partial charge in [-0.1, -0.05) is 74.0 Å². The first-order valence-electron chi connectivity index (χ1n) is 13.5. The third kappa shape index (κ3) is 6.22. The van der Waals surface area contributed by atoms with Gasteiger partial charge in [0.15, 0.2) is 0 Å². The minimum absolute atomic E-state index is 0.0462. The van der Waals surface area contributed by atoms with E-state index in [-0.39, 0.29) is 42.7 Å². The molecule has 0 aliphatic carbocycles. The van der Waals surface area contributed by atoms with Crippen molar-refractivity contribution in [1.29, 1.82) is 0 Å². The van der Waals surface area contributed by atoms with Gasteiger partial charge >= 0.3 is 6.09 Å². The maximum absolute atomic E-state index is 14.0. The first kappa shape index (κ1) is 28.5. The number of nitrogens with one attached hydrogen (secondary N) is 1. The van der Waals surface area contributed by atoms with E-state index < -0.39 is 12.1 Å². The molecule has 2 aromatic heterocycles. The van der Waals surface area contributed by atoms with E-state index >= 15 is 0 Å². The summed E-state index contributed by atoms with van der Waals surface area (Å²) in [5.41, 5.74) is 2.84. The number of amides is 2. The van der Waals surface area contributed by atoms with Crippen LogP contribution in [0.25, 0.3) is 11.1 Å². The summed E-state index contributed by atoms with van der Waals surface area (Å²) in [7, 11) is 0. The molecular formula is C30H35N5O5. The van der Waals surface area contributed by atoms with Gasteiger partial charge in [0.1, 0.15) is 16.9 Å². The smallest absolute Gasteiger partial charge is 0.404 e. The first-order chi connectivity index (χ1) is 19.2. The fourth-order valence-corrected chi connectivity index (χ4v) is 4.79. The van der Waals surface area contributed by atoms with E-state index in [1.807, 2.05) is 70.2 Å². The van der Waals surface area contributed by atoms with Crippen LogP contribution in [-0.2, 0) is 6.54 Å². The van der Waals surface area contributed by atoms with E-state index in [1.54, 1.807) is 21.6 Å². The average molecular weight is 546 g/mol. The van der Waals surface area contributed by atoms with Gasteiger partial charge in [0.05, 0.1) is 12.6 Å². The monoisotopic (exact) mass is 545 g/mol. The zero-order valence-electron chi connectivity index (χ0n) is 23.3. The first-order valence-corrected chi connectivity index (χ1v) is 13.5. The normalized spacial score (nSPS) is 12.0. The lowest BCUT2D eigenvalue weighted by Crippen LogP contribution is -2.40. The highest BCUT2D eigenvalue weighted by atomic mass is 16.5. The van der Waals surface area contributed by atoms with Crippen LogP contribution in [0.1, 0.15) is 78.6 Å². The minimum Gasteiger partial charge on any atom is -0.465 e. The van der Waals surface area contributed by atoms with Crippen LogP contribution in [0.5, 0.6) is 0 Å². The summed E-state index contributed by atoms with van der Waals surface area (Å²) in [6.07, 6.45) is -0.286. The minimum atomic E-state index is -1.13. The molecule has 10 heteroatoms. The van der Waals surface area contributed by atoms with Gasteiger partial charge in [-0.2, -0.15) is 4.98 Å². The van der Waals surface area contributed by atoms with Gasteiger partial charge in [0.25, 0.3) is 17.2 Å². The Morgan fingerprint density at radius 2 is 1.80 bits per heavy atom. The van der Waals surface area contributed by atoms with E-state index in [4.69, 9.17) is 14.6 Å². The van der Waals surface area contributed by atoms with E-state index in [1.165, 1.54) is 0 Å². The molecule has 0 bridgehead atoms. The van der Waals surface area contributed by atoms with Gasteiger partial charge in [0, 0.05) is 18.7 Å². The second kappa shape index (κ2) is 12.6. The molecule has 4 aromatic rings. The summed E-state index contributed by atoms with van der Waals surface area (Å²) >= 11 is 0. The van der Waals surface area contributed by atoms with Gasteiger partial charge in [-0.25, -0.2) is 4.79 Å². The third-order valence-electron chi connectivity index (χ3n) is 6.85. The number of fused-ring (bicyclic) bond motifs is 1. The Morgan fingerprint density at radius 3 is 2.42 bits per heavy atom. The second-order valence-corrected chi connectivity index (χ2v) is 10.1. The zero-order chi connectivity index (χ0) is 28.8. The molecule has 0 saturated carbocycles. The topological polar surface area (TPSA) is 131 Å². The summed E-state index contributed by atoms with van der Waals surface area (Å²) < 4.78 is 7.15. The molecule has 2 N–H and O–H groups in total. The molecule has 2 amide bonds. The van der Waals surface area contributed by atoms with Crippen LogP contribution in [0.3, 0.4) is 0 Å². The molecule has 10 nitrogen and oxygen atoms in total. The maximum Gasteiger partial charge on any atom is 0.404 e. The molecule has 2 aromatic carbocycles. The van der Waals surface area contributed by atoms with Crippen LogP contribution in [0.4, 0.5) is 4.79 Å². The predicted octanol–water partition coefficient (Wildman–Crippen LogP) is 5.12. The van der Waals surface area contributed by atoms with Crippen molar-refractivity contribution in [3.8, 4) is 0 Å². The number of hydrogen-bond acceptors (Lipinski definition) is 6. The van der Waals surface area contributed by atoms with Crippen molar-refractivity contribution in [1.82, 2.24) is 24.9 Å². The van der Waals surface area contributed by atoms with Crippen molar-refractivity contribution in [2.24, 2.45) is 0 Å². The van der Waals surface area contributed by atoms with Gasteiger partial charge in [-0.05, 0) is 43.4 Å². The fourth-order valence-electron chi connectivity index (χ4n) is 4.79. The largest absolute Gasteiger partial charge is 0.465 e. The molecule has 0 spiro atoms. The third-order valence-corrected chi connectivity index (χ3v) is 6.85. The fraction of sp³-hybridized carbons (Fsp3) is 0.367. The number of aryl methyl sites for hydroxylation is 1. The van der Waals surface area contributed by atoms with Crippen LogP contribution in [0, 0.1) is 6.92 Å². The lowest BCUT2D eigenvalue weighted by atomic mass is 10.1. The SMILES string of the molecule is CCC(c1nc2onc(C(C)C)c2c(=O)n1Cc1ccccc1)N(CCCNC(=O)O)C(=O)c1ccc(C)cc1. The van der Waals surface area contributed by atoms with Gasteiger partial charge < -0.3 is 19.8 Å². The number of benzene rings is 2. The second-order valence-electron chi connectivity index (χ2n) is 10.1. The highest BCUT2D eigenvalue weighted by Crippen LogP contribution is 2.28. The van der Waals surface area contributed by atoms with Gasteiger partial charge in [-0.15, -0.1) is 0 Å². The quantitative estimate of drug-likeness (QED) is 0.250. The molecule has 4 rings (SSSR count). The number of nitrogens with zero attached hydrogens (tertiary/aromatic N) is 4. The predicted molar refractivity (Wildman–Crippen MR) is 152 cm³/mol. The van der Waals surface area contributed by atoms with Crippen molar-refractivity contribution < 1.29 is 19.2 Å². The van der Waals surface area contributed by atoms with Crippen molar-refractivity contribution in [2.75, 3.05) is 13.1 Å². The maximum atomic E-state index is 14.0. The molecule has 0 aliphatic rings. The Bertz CT molecular complexity index is 1530. The standard InChI is InChI=1S/C30H35N5O5/c1-5-23(34(17-9-16-31-30(38)39)28(36)22-14-12-20(4)13-15-22)26-32-27-24(25(19(2)3)33-40-27)29(37)35(26)18-21-10-7-6-8-11-21/h6-8,10-15,19,23,31H,5,9,16-18H2,1-4H3,(H,38,39). The highest BCUT2D eigenvalue weighted by molar-refractivity contribution is 5.94. The Labute approximate surface area is 232 Å². The van der Waals surface area contributed by atoms with E-state index in [9.17, 15) is 14.4 Å². The van der Waals surface area contributed by atoms with E-state index in [2.05, 4.69) is 10.5 Å². The Morgan fingerprint density at radius 1 is 1.10 bits per heavy atom. The number of carbonyl (C=O) groups excluding carboxylic acids is 1. The molecule has 0 radical (unpaired) electrons. The molecule has 2 heterocycles. The van der Waals surface area contributed by atoms with Gasteiger partial charge in [0.2, 0.25) is 0 Å².